The van der Waals surface area contributed by atoms with Gasteiger partial charge in [0.1, 0.15) is 11.6 Å². The van der Waals surface area contributed by atoms with Gasteiger partial charge < -0.3 is 15.4 Å². The highest BCUT2D eigenvalue weighted by molar-refractivity contribution is 6.39. The summed E-state index contributed by atoms with van der Waals surface area (Å²) in [4.78, 5) is 24.3. The predicted octanol–water partition coefficient (Wildman–Crippen LogP) is 2.86. The van der Waals surface area contributed by atoms with E-state index < -0.39 is 29.0 Å². The van der Waals surface area contributed by atoms with Gasteiger partial charge in [0, 0.05) is 19.7 Å². The fraction of sp³-hybridized carbons (Fsp3) is 0.600. The second-order valence-electron chi connectivity index (χ2n) is 8.22. The number of carbonyl (C=O) groups excluding carboxylic acids is 2. The summed E-state index contributed by atoms with van der Waals surface area (Å²) in [5, 5.41) is 4.79. The van der Waals surface area contributed by atoms with E-state index in [2.05, 4.69) is 10.6 Å². The van der Waals surface area contributed by atoms with Crippen LogP contribution in [-0.2, 0) is 14.3 Å². The molecule has 0 spiro atoms. The first-order chi connectivity index (χ1) is 12.9. The van der Waals surface area contributed by atoms with E-state index in [1.165, 1.54) is 6.42 Å². The molecule has 4 bridgehead atoms. The number of anilines is 1. The molecule has 0 atom stereocenters. The summed E-state index contributed by atoms with van der Waals surface area (Å²) in [5.74, 6) is -1.09. The van der Waals surface area contributed by atoms with Crippen molar-refractivity contribution in [2.24, 2.45) is 23.7 Å². The van der Waals surface area contributed by atoms with E-state index in [1.54, 1.807) is 7.11 Å². The molecular formula is C20H24F2N2O3. The summed E-state index contributed by atoms with van der Waals surface area (Å²) in [6, 6.07) is 2.69. The number of carbonyl (C=O) groups is 2. The average molecular weight is 378 g/mol. The molecule has 0 saturated heterocycles. The minimum absolute atomic E-state index is 0.260. The monoisotopic (exact) mass is 378 g/mol. The molecule has 0 aliphatic heterocycles. The van der Waals surface area contributed by atoms with Crippen LogP contribution in [0.4, 0.5) is 14.5 Å². The maximum absolute atomic E-state index is 13.6. The minimum atomic E-state index is -1.02. The van der Waals surface area contributed by atoms with Crippen LogP contribution in [0.1, 0.15) is 32.1 Å². The number of hydrogen-bond acceptors (Lipinski definition) is 3. The first-order valence-electron chi connectivity index (χ1n) is 9.50. The van der Waals surface area contributed by atoms with Crippen molar-refractivity contribution in [1.82, 2.24) is 5.32 Å². The lowest BCUT2D eigenvalue weighted by Crippen LogP contribution is -2.63. The van der Waals surface area contributed by atoms with Crippen molar-refractivity contribution < 1.29 is 23.1 Å². The molecule has 0 radical (unpaired) electrons. The van der Waals surface area contributed by atoms with Crippen molar-refractivity contribution in [3.8, 4) is 0 Å². The first kappa shape index (κ1) is 18.3. The van der Waals surface area contributed by atoms with Gasteiger partial charge in [-0.2, -0.15) is 0 Å². The standard InChI is InChI=1S/C20H24F2N2O3/c1-27-20(13-5-11-4-12(7-13)8-14(20)6-11)10-23-18(25)19(26)24-17-9-15(21)2-3-16(17)22/h2-3,9,11-14H,4-8,10H2,1H3,(H,23,25)(H,24,26). The molecule has 4 aliphatic rings. The Bertz CT molecular complexity index is 740. The zero-order chi connectivity index (χ0) is 19.2. The smallest absolute Gasteiger partial charge is 0.313 e. The van der Waals surface area contributed by atoms with Crippen molar-refractivity contribution >= 4 is 17.5 Å². The molecule has 5 rings (SSSR count). The van der Waals surface area contributed by atoms with Crippen LogP contribution in [-0.4, -0.2) is 31.1 Å². The maximum Gasteiger partial charge on any atom is 0.313 e. The number of halogens is 2. The minimum Gasteiger partial charge on any atom is -0.376 e. The van der Waals surface area contributed by atoms with Gasteiger partial charge in [-0.15, -0.1) is 0 Å². The summed E-state index contributed by atoms with van der Waals surface area (Å²) in [7, 11) is 1.68. The highest BCUT2D eigenvalue weighted by atomic mass is 19.1. The molecule has 0 heterocycles. The Balaban J connectivity index is 1.41. The molecule has 146 valence electrons. The topological polar surface area (TPSA) is 67.4 Å². The van der Waals surface area contributed by atoms with Crippen molar-refractivity contribution in [1.29, 1.82) is 0 Å². The van der Waals surface area contributed by atoms with Gasteiger partial charge in [-0.25, -0.2) is 8.78 Å². The zero-order valence-electron chi connectivity index (χ0n) is 15.3. The Hall–Kier alpha value is -2.02. The fourth-order valence-corrected chi connectivity index (χ4v) is 5.75. The Morgan fingerprint density at radius 1 is 1.07 bits per heavy atom. The van der Waals surface area contributed by atoms with Crippen LogP contribution in [0.3, 0.4) is 0 Å². The summed E-state index contributed by atoms with van der Waals surface area (Å²) in [5.41, 5.74) is -0.792. The van der Waals surface area contributed by atoms with E-state index in [4.69, 9.17) is 4.74 Å². The molecule has 1 aromatic rings. The van der Waals surface area contributed by atoms with Gasteiger partial charge in [0.2, 0.25) is 0 Å². The SMILES string of the molecule is COC1(CNC(=O)C(=O)Nc2cc(F)ccc2F)C2CC3CC(C2)CC1C3. The summed E-state index contributed by atoms with van der Waals surface area (Å²) >= 11 is 0. The second kappa shape index (κ2) is 6.86. The first-order valence-corrected chi connectivity index (χ1v) is 9.50. The van der Waals surface area contributed by atoms with Crippen LogP contribution >= 0.6 is 0 Å². The largest absolute Gasteiger partial charge is 0.376 e. The van der Waals surface area contributed by atoms with E-state index in [-0.39, 0.29) is 12.2 Å². The van der Waals surface area contributed by atoms with E-state index in [1.807, 2.05) is 0 Å². The molecule has 4 saturated carbocycles. The molecule has 2 N–H and O–H groups in total. The Morgan fingerprint density at radius 2 is 1.70 bits per heavy atom. The Morgan fingerprint density at radius 3 is 2.30 bits per heavy atom. The molecule has 4 fully saturated rings. The van der Waals surface area contributed by atoms with Gasteiger partial charge in [0.05, 0.1) is 11.3 Å². The van der Waals surface area contributed by atoms with Gasteiger partial charge in [0.15, 0.2) is 0 Å². The number of methoxy groups -OCH3 is 1. The van der Waals surface area contributed by atoms with Crippen molar-refractivity contribution in [2.75, 3.05) is 19.0 Å². The molecule has 27 heavy (non-hydrogen) atoms. The molecule has 1 aromatic carbocycles. The third-order valence-corrected chi connectivity index (χ3v) is 6.81. The number of hydrogen-bond donors (Lipinski definition) is 2. The van der Waals surface area contributed by atoms with Crippen LogP contribution in [0.2, 0.25) is 0 Å². The number of rotatable bonds is 4. The Kier molecular flexibility index (Phi) is 4.66. The van der Waals surface area contributed by atoms with Gasteiger partial charge >= 0.3 is 11.8 Å². The molecule has 2 amide bonds. The third kappa shape index (κ3) is 3.22. The van der Waals surface area contributed by atoms with Gasteiger partial charge in [0.25, 0.3) is 0 Å². The van der Waals surface area contributed by atoms with Gasteiger partial charge in [-0.1, -0.05) is 0 Å². The van der Waals surface area contributed by atoms with Crippen LogP contribution in [0.15, 0.2) is 18.2 Å². The van der Waals surface area contributed by atoms with E-state index in [9.17, 15) is 18.4 Å². The number of amides is 2. The lowest BCUT2D eigenvalue weighted by Gasteiger charge is -2.60. The fourth-order valence-electron chi connectivity index (χ4n) is 5.75. The molecule has 0 aromatic heterocycles. The van der Waals surface area contributed by atoms with Gasteiger partial charge in [-0.05, 0) is 67.9 Å². The van der Waals surface area contributed by atoms with Crippen LogP contribution in [0.5, 0.6) is 0 Å². The van der Waals surface area contributed by atoms with E-state index in [0.717, 1.165) is 55.7 Å². The predicted molar refractivity (Wildman–Crippen MR) is 94.8 cm³/mol. The molecule has 5 nitrogen and oxygen atoms in total. The van der Waals surface area contributed by atoms with E-state index in [0.29, 0.717) is 11.8 Å². The van der Waals surface area contributed by atoms with Crippen molar-refractivity contribution in [2.45, 2.75) is 37.7 Å². The number of nitrogens with one attached hydrogen (secondary N) is 2. The number of benzene rings is 1. The molecule has 4 aliphatic carbocycles. The normalized spacial score (nSPS) is 33.7. The summed E-state index contributed by atoms with van der Waals surface area (Å²) in [6.07, 6.45) is 5.74. The van der Waals surface area contributed by atoms with Gasteiger partial charge in [-0.3, -0.25) is 9.59 Å². The van der Waals surface area contributed by atoms with E-state index >= 15 is 0 Å². The van der Waals surface area contributed by atoms with Crippen LogP contribution < -0.4 is 10.6 Å². The van der Waals surface area contributed by atoms with Crippen LogP contribution in [0, 0.1) is 35.3 Å². The van der Waals surface area contributed by atoms with Crippen molar-refractivity contribution in [3.63, 3.8) is 0 Å². The maximum atomic E-state index is 13.6. The molecular weight excluding hydrogens is 354 g/mol. The molecule has 7 heteroatoms. The summed E-state index contributed by atoms with van der Waals surface area (Å²) in [6.45, 7) is 0.260. The zero-order valence-corrected chi connectivity index (χ0v) is 15.3. The summed E-state index contributed by atoms with van der Waals surface area (Å²) < 4.78 is 32.8. The lowest BCUT2D eigenvalue weighted by molar-refractivity contribution is -0.188. The quantitative estimate of drug-likeness (QED) is 0.792. The lowest BCUT2D eigenvalue weighted by atomic mass is 9.49. The number of ether oxygens (including phenoxy) is 1. The average Bonchev–Trinajstić information content (AvgIpc) is 2.64. The van der Waals surface area contributed by atoms with Crippen molar-refractivity contribution in [3.05, 3.63) is 29.8 Å². The molecule has 0 unspecified atom stereocenters. The highest BCUT2D eigenvalue weighted by Crippen LogP contribution is 2.59. The highest BCUT2D eigenvalue weighted by Gasteiger charge is 2.57. The third-order valence-electron chi connectivity index (χ3n) is 6.81. The van der Waals surface area contributed by atoms with Crippen LogP contribution in [0.25, 0.3) is 0 Å². The Labute approximate surface area is 156 Å². The second-order valence-corrected chi connectivity index (χ2v) is 8.22.